The summed E-state index contributed by atoms with van der Waals surface area (Å²) in [5, 5.41) is 0. The smallest absolute Gasteiger partial charge is 0 e. The Balaban J connectivity index is 0. The van der Waals surface area contributed by atoms with Crippen LogP contribution in [-0.2, 0) is 19.5 Å². The first-order chi connectivity index (χ1) is 0. The monoisotopic (exact) mass is 298 g/mol. The van der Waals surface area contributed by atoms with Crippen LogP contribution in [-0.4, -0.2) is 41.0 Å². The Labute approximate surface area is 73.1 Å². The summed E-state index contributed by atoms with van der Waals surface area (Å²) in [6.45, 7) is 0. The zero-order valence-corrected chi connectivity index (χ0v) is 10.6. The van der Waals surface area contributed by atoms with Crippen molar-refractivity contribution in [3.8, 4) is 0 Å². The largest absolute Gasteiger partial charge is 0.197 e. The van der Waals surface area contributed by atoms with E-state index in [0.29, 0.717) is 0 Å². The zero-order valence-electron chi connectivity index (χ0n) is 2.12. The Hall–Kier alpha value is 2.29. The second-order valence-electron chi connectivity index (χ2n) is 0. The van der Waals surface area contributed by atoms with Crippen LogP contribution in [0.25, 0.3) is 0 Å². The second kappa shape index (κ2) is 18.6. The molecule has 0 atom stereocenters. The second-order valence-corrected chi connectivity index (χ2v) is 0. The summed E-state index contributed by atoms with van der Waals surface area (Å²) in [5.41, 5.74) is 0. The van der Waals surface area contributed by atoms with E-state index in [1.165, 1.54) is 0 Å². The normalized spacial score (nSPS) is 0. The van der Waals surface area contributed by atoms with E-state index in [9.17, 15) is 0 Å². The minimum absolute atomic E-state index is 0. The van der Waals surface area contributed by atoms with E-state index in [2.05, 4.69) is 0 Å². The van der Waals surface area contributed by atoms with Gasteiger partial charge in [0.2, 0.25) is 0 Å². The van der Waals surface area contributed by atoms with Crippen LogP contribution in [0.3, 0.4) is 0 Å². The number of hydrogen-bond donors (Lipinski definition) is 0. The fourth-order valence-electron chi connectivity index (χ4n) is 0. The minimum Gasteiger partial charge on any atom is -0.197 e. The van der Waals surface area contributed by atoms with Gasteiger partial charge in [0.05, 0.1) is 0 Å². The Kier molecular flexibility index (Phi) is 156. The summed E-state index contributed by atoms with van der Waals surface area (Å²) in [4.78, 5) is 0. The fourth-order valence-corrected chi connectivity index (χ4v) is 0. The summed E-state index contributed by atoms with van der Waals surface area (Å²) in [7, 11) is 0. The molecule has 0 amide bonds. The van der Waals surface area contributed by atoms with Gasteiger partial charge in [-0.3, -0.25) is 0 Å². The molecule has 6 radical (unpaired) electrons. The first kappa shape index (κ1) is 33.5. The number of rotatable bonds is 0. The van der Waals surface area contributed by atoms with Gasteiger partial charge in [0.15, 0.2) is 0 Å². The van der Waals surface area contributed by atoms with E-state index in [-0.39, 0.29) is 73.9 Å². The summed E-state index contributed by atoms with van der Waals surface area (Å²) in [6, 6.07) is 0. The molecule has 0 unspecified atom stereocenters. The van der Waals surface area contributed by atoms with Gasteiger partial charge in [-0.05, 0) is 0 Å². The van der Waals surface area contributed by atoms with E-state index in [4.69, 9.17) is 0 Å². The molecule has 0 rings (SSSR count). The Morgan fingerprint density at radius 3 is 1.00 bits per heavy atom. The van der Waals surface area contributed by atoms with Crippen LogP contribution < -0.4 is 0 Å². The molecule has 0 aromatic heterocycles. The summed E-state index contributed by atoms with van der Waals surface area (Å²) >= 11 is 0. The minimum atomic E-state index is 0. The van der Waals surface area contributed by atoms with Crippen molar-refractivity contribution in [2.75, 3.05) is 0 Å². The maximum atomic E-state index is 0. The van der Waals surface area contributed by atoms with Crippen molar-refractivity contribution >= 4 is 54.5 Å². The van der Waals surface area contributed by atoms with Gasteiger partial charge in [0.25, 0.3) is 0 Å². The SMILES string of the molecule is S.[Se].[Sn].[Zn]. The molecular weight excluding hydrogens is 295 g/mol. The van der Waals surface area contributed by atoms with Crippen LogP contribution in [0.4, 0.5) is 0 Å². The zero-order chi connectivity index (χ0) is 0. The van der Waals surface area contributed by atoms with Gasteiger partial charge in [0, 0.05) is 60.5 Å². The topological polar surface area (TPSA) is 0 Å². The number of hydrogen-bond acceptors (Lipinski definition) is 0. The van der Waals surface area contributed by atoms with Crippen molar-refractivity contribution in [2.24, 2.45) is 0 Å². The Morgan fingerprint density at radius 1 is 1.00 bits per heavy atom. The predicted octanol–water partition coefficient (Wildman–Crippen LogP) is -0.651. The molecule has 0 heterocycles. The fraction of sp³-hybridized carbons (Fsp3) is 0. The van der Waals surface area contributed by atoms with Gasteiger partial charge < -0.3 is 0 Å². The predicted molar refractivity (Wildman–Crippen MR) is 21.9 cm³/mol. The third kappa shape index (κ3) is 8.85. The Bertz CT molecular complexity index is 8.00. The molecule has 0 N–H and O–H groups in total. The quantitative estimate of drug-likeness (QED) is 0.521. The molecule has 0 aromatic rings. The molecule has 0 saturated carbocycles. The van der Waals surface area contributed by atoms with E-state index in [0.717, 1.165) is 0 Å². The van der Waals surface area contributed by atoms with Gasteiger partial charge in [0.1, 0.15) is 0 Å². The van der Waals surface area contributed by atoms with Crippen molar-refractivity contribution in [1.82, 2.24) is 0 Å². The van der Waals surface area contributed by atoms with Gasteiger partial charge in [-0.2, -0.15) is 13.5 Å². The van der Waals surface area contributed by atoms with Crippen LogP contribution in [0.2, 0.25) is 0 Å². The molecule has 0 fully saturated rings. The molecule has 0 saturated heterocycles. The van der Waals surface area contributed by atoms with Crippen molar-refractivity contribution < 1.29 is 19.5 Å². The molecule has 0 spiro atoms. The molecule has 20 valence electrons. The molecule has 4 heteroatoms. The van der Waals surface area contributed by atoms with Crippen LogP contribution in [0.15, 0.2) is 0 Å². The average molecular weight is 297 g/mol. The average Bonchev–Trinajstić information content (AvgIpc) is 0. The van der Waals surface area contributed by atoms with Crippen LogP contribution in [0.5, 0.6) is 0 Å². The molecule has 0 aliphatic rings. The summed E-state index contributed by atoms with van der Waals surface area (Å²) in [5.74, 6) is 0. The maximum Gasteiger partial charge on any atom is 0 e. The van der Waals surface area contributed by atoms with Gasteiger partial charge in [-0.15, -0.1) is 0 Å². The molecule has 0 nitrogen and oxygen atoms in total. The third-order valence-corrected chi connectivity index (χ3v) is 0. The van der Waals surface area contributed by atoms with E-state index < -0.39 is 0 Å². The van der Waals surface area contributed by atoms with Gasteiger partial charge >= 0.3 is 0 Å². The summed E-state index contributed by atoms with van der Waals surface area (Å²) < 4.78 is 0. The molecule has 0 aromatic carbocycles. The van der Waals surface area contributed by atoms with Crippen molar-refractivity contribution in [3.63, 3.8) is 0 Å². The molecular formula is H2SSeSnZn. The van der Waals surface area contributed by atoms with Gasteiger partial charge in [-0.1, -0.05) is 0 Å². The Morgan fingerprint density at radius 2 is 1.00 bits per heavy atom. The van der Waals surface area contributed by atoms with Gasteiger partial charge in [-0.25, -0.2) is 0 Å². The third-order valence-electron chi connectivity index (χ3n) is 0. The first-order valence-corrected chi connectivity index (χ1v) is 0. The van der Waals surface area contributed by atoms with Crippen molar-refractivity contribution in [3.05, 3.63) is 0 Å². The van der Waals surface area contributed by atoms with Crippen molar-refractivity contribution in [1.29, 1.82) is 0 Å². The molecule has 0 bridgehead atoms. The van der Waals surface area contributed by atoms with E-state index >= 15 is 0 Å². The van der Waals surface area contributed by atoms with E-state index in [1.807, 2.05) is 0 Å². The summed E-state index contributed by atoms with van der Waals surface area (Å²) in [6.07, 6.45) is 0. The molecule has 0 aliphatic heterocycles. The van der Waals surface area contributed by atoms with Crippen LogP contribution >= 0.6 is 13.5 Å². The maximum absolute atomic E-state index is 0. The van der Waals surface area contributed by atoms with Crippen LogP contribution in [0, 0.1) is 0 Å². The van der Waals surface area contributed by atoms with Crippen molar-refractivity contribution in [2.45, 2.75) is 0 Å². The van der Waals surface area contributed by atoms with Crippen LogP contribution in [0.1, 0.15) is 0 Å². The first-order valence-electron chi connectivity index (χ1n) is 0. The standard InChI is InChI=1S/H2S.Se.Sn.Zn/h1H2;;;. The molecule has 4 heavy (non-hydrogen) atoms. The van der Waals surface area contributed by atoms with E-state index in [1.54, 1.807) is 0 Å². The molecule has 0 aliphatic carbocycles.